The lowest BCUT2D eigenvalue weighted by molar-refractivity contribution is 0.630. The van der Waals surface area contributed by atoms with Crippen LogP contribution in [0.2, 0.25) is 0 Å². The number of anilines is 1. The maximum Gasteiger partial charge on any atom is 0.131 e. The summed E-state index contributed by atoms with van der Waals surface area (Å²) in [6.07, 6.45) is 3.48. The fraction of sp³-hybridized carbons (Fsp3) is 0.0625. The molecule has 0 aliphatic rings. The Bertz CT molecular complexity index is 761. The average molecular weight is 252 g/mol. The highest BCUT2D eigenvalue weighted by Crippen LogP contribution is 2.32. The third-order valence-corrected chi connectivity index (χ3v) is 3.33. The van der Waals surface area contributed by atoms with Crippen LogP contribution in [-0.4, -0.2) is 4.98 Å². The molecule has 2 N–H and O–H groups in total. The van der Waals surface area contributed by atoms with E-state index in [2.05, 4.69) is 4.98 Å². The zero-order chi connectivity index (χ0) is 13.4. The van der Waals surface area contributed by atoms with E-state index in [1.807, 2.05) is 24.3 Å². The lowest BCUT2D eigenvalue weighted by atomic mass is 9.97. The predicted molar refractivity (Wildman–Crippen MR) is 76.3 cm³/mol. The van der Waals surface area contributed by atoms with Crippen molar-refractivity contribution in [2.24, 2.45) is 0 Å². The van der Waals surface area contributed by atoms with Gasteiger partial charge in [-0.25, -0.2) is 4.39 Å². The summed E-state index contributed by atoms with van der Waals surface area (Å²) in [5.41, 5.74) is 8.56. The van der Waals surface area contributed by atoms with Gasteiger partial charge in [-0.1, -0.05) is 18.2 Å². The summed E-state index contributed by atoms with van der Waals surface area (Å²) in [6, 6.07) is 10.8. The molecule has 1 heterocycles. The minimum atomic E-state index is -0.261. The van der Waals surface area contributed by atoms with Crippen LogP contribution in [0.4, 0.5) is 10.1 Å². The summed E-state index contributed by atoms with van der Waals surface area (Å²) in [4.78, 5) is 4.11. The summed E-state index contributed by atoms with van der Waals surface area (Å²) in [5, 5.41) is 1.96. The van der Waals surface area contributed by atoms with Crippen LogP contribution in [-0.2, 0) is 0 Å². The molecule has 3 rings (SSSR count). The Morgan fingerprint density at radius 3 is 2.79 bits per heavy atom. The van der Waals surface area contributed by atoms with Crippen LogP contribution < -0.4 is 5.73 Å². The minimum Gasteiger partial charge on any atom is -0.398 e. The van der Waals surface area contributed by atoms with Crippen molar-refractivity contribution in [1.82, 2.24) is 4.98 Å². The summed E-state index contributed by atoms with van der Waals surface area (Å²) in [7, 11) is 0. The van der Waals surface area contributed by atoms with Crippen LogP contribution in [0.15, 0.2) is 48.8 Å². The van der Waals surface area contributed by atoms with Crippen LogP contribution in [0.25, 0.3) is 21.9 Å². The molecule has 0 spiro atoms. The summed E-state index contributed by atoms with van der Waals surface area (Å²) in [6.45, 7) is 1.80. The lowest BCUT2D eigenvalue weighted by Crippen LogP contribution is -1.94. The fourth-order valence-corrected chi connectivity index (χ4v) is 2.24. The zero-order valence-corrected chi connectivity index (χ0v) is 10.5. The van der Waals surface area contributed by atoms with E-state index in [1.54, 1.807) is 25.4 Å². The first kappa shape index (κ1) is 11.7. The predicted octanol–water partition coefficient (Wildman–Crippen LogP) is 3.93. The van der Waals surface area contributed by atoms with Crippen LogP contribution in [0, 0.1) is 12.7 Å². The maximum atomic E-state index is 14.2. The Morgan fingerprint density at radius 2 is 1.95 bits per heavy atom. The second-order valence-electron chi connectivity index (χ2n) is 4.59. The topological polar surface area (TPSA) is 38.9 Å². The highest BCUT2D eigenvalue weighted by Gasteiger charge is 2.10. The van der Waals surface area contributed by atoms with E-state index in [9.17, 15) is 4.39 Å². The molecule has 94 valence electrons. The molecule has 0 fully saturated rings. The van der Waals surface area contributed by atoms with Gasteiger partial charge in [0.15, 0.2) is 0 Å². The molecule has 1 aromatic heterocycles. The van der Waals surface area contributed by atoms with Gasteiger partial charge in [-0.15, -0.1) is 0 Å². The van der Waals surface area contributed by atoms with Crippen molar-refractivity contribution in [2.45, 2.75) is 6.92 Å². The molecule has 0 saturated carbocycles. The maximum absolute atomic E-state index is 14.2. The molecule has 19 heavy (non-hydrogen) atoms. The molecule has 3 aromatic rings. The van der Waals surface area contributed by atoms with Gasteiger partial charge in [0.05, 0.1) is 0 Å². The van der Waals surface area contributed by atoms with E-state index in [0.717, 1.165) is 21.9 Å². The first-order chi connectivity index (χ1) is 9.16. The Morgan fingerprint density at radius 1 is 1.11 bits per heavy atom. The summed E-state index contributed by atoms with van der Waals surface area (Å²) < 4.78 is 14.2. The van der Waals surface area contributed by atoms with Crippen LogP contribution in [0.1, 0.15) is 5.56 Å². The van der Waals surface area contributed by atoms with E-state index in [0.29, 0.717) is 11.3 Å². The molecule has 0 saturated heterocycles. The summed E-state index contributed by atoms with van der Waals surface area (Å²) >= 11 is 0. The second-order valence-corrected chi connectivity index (χ2v) is 4.59. The van der Waals surface area contributed by atoms with Crippen LogP contribution >= 0.6 is 0 Å². The molecular formula is C16H13FN2. The van der Waals surface area contributed by atoms with Gasteiger partial charge in [-0.3, -0.25) is 4.98 Å². The van der Waals surface area contributed by atoms with Crippen LogP contribution in [0.3, 0.4) is 0 Å². The van der Waals surface area contributed by atoms with E-state index >= 15 is 0 Å². The van der Waals surface area contributed by atoms with Crippen LogP contribution in [0.5, 0.6) is 0 Å². The molecular weight excluding hydrogens is 239 g/mol. The van der Waals surface area contributed by atoms with Gasteiger partial charge >= 0.3 is 0 Å². The molecule has 2 aromatic carbocycles. The number of aromatic nitrogens is 1. The van der Waals surface area contributed by atoms with Gasteiger partial charge in [0.2, 0.25) is 0 Å². The molecule has 0 atom stereocenters. The van der Waals surface area contributed by atoms with Gasteiger partial charge in [-0.2, -0.15) is 0 Å². The number of nitrogens with two attached hydrogens (primary N) is 1. The number of aryl methyl sites for hydroxylation is 1. The van der Waals surface area contributed by atoms with Crippen molar-refractivity contribution >= 4 is 16.5 Å². The number of hydrogen-bond donors (Lipinski definition) is 1. The molecule has 0 aliphatic heterocycles. The quantitative estimate of drug-likeness (QED) is 0.666. The molecule has 0 unspecified atom stereocenters. The van der Waals surface area contributed by atoms with Gasteiger partial charge in [0.25, 0.3) is 0 Å². The summed E-state index contributed by atoms with van der Waals surface area (Å²) in [5.74, 6) is -0.261. The molecule has 0 amide bonds. The minimum absolute atomic E-state index is 0.261. The smallest absolute Gasteiger partial charge is 0.131 e. The average Bonchev–Trinajstić information content (AvgIpc) is 2.42. The SMILES string of the molecule is Cc1cc(F)c(-c2cccc3ccncc23)cc1N. The van der Waals surface area contributed by atoms with Crippen molar-refractivity contribution in [1.29, 1.82) is 0 Å². The Labute approximate surface area is 110 Å². The molecule has 0 radical (unpaired) electrons. The van der Waals surface area contributed by atoms with Crippen molar-refractivity contribution in [3.05, 3.63) is 60.2 Å². The fourth-order valence-electron chi connectivity index (χ4n) is 2.24. The monoisotopic (exact) mass is 252 g/mol. The largest absolute Gasteiger partial charge is 0.398 e. The third kappa shape index (κ3) is 1.93. The highest BCUT2D eigenvalue weighted by atomic mass is 19.1. The van der Waals surface area contributed by atoms with Gasteiger partial charge in [0.1, 0.15) is 5.82 Å². The third-order valence-electron chi connectivity index (χ3n) is 3.33. The van der Waals surface area contributed by atoms with E-state index in [-0.39, 0.29) is 5.82 Å². The van der Waals surface area contributed by atoms with Gasteiger partial charge < -0.3 is 5.73 Å². The Kier molecular flexibility index (Phi) is 2.67. The number of rotatable bonds is 1. The number of benzene rings is 2. The number of hydrogen-bond acceptors (Lipinski definition) is 2. The second kappa shape index (κ2) is 4.35. The van der Waals surface area contributed by atoms with Crippen molar-refractivity contribution in [2.75, 3.05) is 5.73 Å². The van der Waals surface area contributed by atoms with Gasteiger partial charge in [0, 0.05) is 29.0 Å². The molecule has 2 nitrogen and oxygen atoms in total. The zero-order valence-electron chi connectivity index (χ0n) is 10.5. The number of nitrogens with zero attached hydrogens (tertiary/aromatic N) is 1. The molecule has 0 bridgehead atoms. The van der Waals surface area contributed by atoms with E-state index in [4.69, 9.17) is 5.73 Å². The number of pyridine rings is 1. The number of halogens is 1. The molecule has 0 aliphatic carbocycles. The standard InChI is InChI=1S/C16H13FN2/c1-10-7-15(17)13(8-16(10)18)12-4-2-3-11-5-6-19-9-14(11)12/h2-9H,18H2,1H3. The highest BCUT2D eigenvalue weighted by molar-refractivity contribution is 5.96. The first-order valence-electron chi connectivity index (χ1n) is 6.05. The van der Waals surface area contributed by atoms with Crippen molar-refractivity contribution in [3.8, 4) is 11.1 Å². The van der Waals surface area contributed by atoms with E-state index < -0.39 is 0 Å². The lowest BCUT2D eigenvalue weighted by Gasteiger charge is -2.10. The number of fused-ring (bicyclic) bond motifs is 1. The van der Waals surface area contributed by atoms with E-state index in [1.165, 1.54) is 6.07 Å². The van der Waals surface area contributed by atoms with Crippen molar-refractivity contribution < 1.29 is 4.39 Å². The Balaban J connectivity index is 2.33. The van der Waals surface area contributed by atoms with Gasteiger partial charge in [-0.05, 0) is 41.6 Å². The molecule has 3 heteroatoms. The van der Waals surface area contributed by atoms with Crippen molar-refractivity contribution in [3.63, 3.8) is 0 Å². The Hall–Kier alpha value is -2.42. The normalized spacial score (nSPS) is 10.8. The number of nitrogen functional groups attached to an aromatic ring is 1. The first-order valence-corrected chi connectivity index (χ1v) is 6.05.